The second-order valence-corrected chi connectivity index (χ2v) is 8.40. The van der Waals surface area contributed by atoms with Crippen LogP contribution in [0.4, 0.5) is 0 Å². The highest BCUT2D eigenvalue weighted by Crippen LogP contribution is 2.40. The SMILES string of the molecule is COC(=O)C1=CN(CCc2ccc(Cl)cc2)C=C(C(=O)OC)C1c1ccc(C)s1. The summed E-state index contributed by atoms with van der Waals surface area (Å²) in [6.07, 6.45) is 4.23. The van der Waals surface area contributed by atoms with Crippen LogP contribution in [-0.4, -0.2) is 37.6 Å². The second kappa shape index (κ2) is 9.29. The van der Waals surface area contributed by atoms with Crippen LogP contribution in [0.15, 0.2) is 59.9 Å². The molecule has 0 saturated carbocycles. The van der Waals surface area contributed by atoms with Gasteiger partial charge in [0, 0.05) is 33.7 Å². The van der Waals surface area contributed by atoms with Gasteiger partial charge in [-0.15, -0.1) is 11.3 Å². The molecule has 1 aliphatic rings. The second-order valence-electron chi connectivity index (χ2n) is 6.65. The van der Waals surface area contributed by atoms with Gasteiger partial charge >= 0.3 is 11.9 Å². The highest BCUT2D eigenvalue weighted by Gasteiger charge is 2.35. The third kappa shape index (κ3) is 4.89. The summed E-state index contributed by atoms with van der Waals surface area (Å²) in [4.78, 5) is 29.0. The number of nitrogens with zero attached hydrogens (tertiary/aromatic N) is 1. The van der Waals surface area contributed by atoms with E-state index in [0.717, 1.165) is 21.7 Å². The molecule has 0 bridgehead atoms. The van der Waals surface area contributed by atoms with Gasteiger partial charge in [0.25, 0.3) is 0 Å². The lowest BCUT2D eigenvalue weighted by molar-refractivity contribution is -0.137. The number of esters is 2. The first-order valence-electron chi connectivity index (χ1n) is 9.09. The minimum Gasteiger partial charge on any atom is -0.466 e. The zero-order valence-electron chi connectivity index (χ0n) is 16.5. The number of halogens is 1. The van der Waals surface area contributed by atoms with Crippen molar-refractivity contribution in [3.05, 3.63) is 80.3 Å². The minimum atomic E-state index is -0.514. The summed E-state index contributed by atoms with van der Waals surface area (Å²) in [5.74, 6) is -1.44. The van der Waals surface area contributed by atoms with Gasteiger partial charge in [-0.3, -0.25) is 0 Å². The van der Waals surface area contributed by atoms with Crippen LogP contribution in [0, 0.1) is 6.92 Å². The fourth-order valence-electron chi connectivity index (χ4n) is 3.24. The number of carbonyl (C=O) groups excluding carboxylic acids is 2. The van der Waals surface area contributed by atoms with E-state index < -0.39 is 17.9 Å². The summed E-state index contributed by atoms with van der Waals surface area (Å²) in [5, 5.41) is 0.682. The maximum absolute atomic E-state index is 12.6. The van der Waals surface area contributed by atoms with Crippen molar-refractivity contribution >= 4 is 34.9 Å². The summed E-state index contributed by atoms with van der Waals surface area (Å²) in [6.45, 7) is 2.57. The Labute approximate surface area is 179 Å². The molecule has 0 amide bonds. The number of carbonyl (C=O) groups is 2. The number of ether oxygens (including phenoxy) is 2. The van der Waals surface area contributed by atoms with E-state index in [1.54, 1.807) is 23.7 Å². The molecule has 0 unspecified atom stereocenters. The van der Waals surface area contributed by atoms with Crippen LogP contribution in [-0.2, 0) is 25.5 Å². The van der Waals surface area contributed by atoms with Crippen LogP contribution >= 0.6 is 22.9 Å². The first-order chi connectivity index (χ1) is 13.9. The summed E-state index contributed by atoms with van der Waals surface area (Å²) < 4.78 is 10.0. The molecule has 0 N–H and O–H groups in total. The maximum atomic E-state index is 12.6. The van der Waals surface area contributed by atoms with Gasteiger partial charge in [0.15, 0.2) is 0 Å². The van der Waals surface area contributed by atoms with Crippen molar-refractivity contribution in [3.8, 4) is 0 Å². The third-order valence-corrected chi connectivity index (χ3v) is 6.01. The molecule has 2 aromatic rings. The summed E-state index contributed by atoms with van der Waals surface area (Å²) in [5.41, 5.74) is 1.92. The van der Waals surface area contributed by atoms with Crippen molar-refractivity contribution in [1.29, 1.82) is 0 Å². The van der Waals surface area contributed by atoms with Crippen LogP contribution in [0.1, 0.15) is 21.2 Å². The molecule has 152 valence electrons. The maximum Gasteiger partial charge on any atom is 0.336 e. The molecule has 1 aliphatic heterocycles. The van der Waals surface area contributed by atoms with Gasteiger partial charge < -0.3 is 14.4 Å². The number of methoxy groups -OCH3 is 2. The van der Waals surface area contributed by atoms with Crippen LogP contribution in [0.25, 0.3) is 0 Å². The molecule has 0 atom stereocenters. The Bertz CT molecular complexity index is 927. The number of benzene rings is 1. The van der Waals surface area contributed by atoms with Crippen molar-refractivity contribution in [2.24, 2.45) is 0 Å². The Morgan fingerprint density at radius 1 is 1.00 bits per heavy atom. The minimum absolute atomic E-state index is 0.411. The summed E-state index contributed by atoms with van der Waals surface area (Å²) >= 11 is 7.49. The normalized spacial score (nSPS) is 14.3. The zero-order valence-corrected chi connectivity index (χ0v) is 18.0. The van der Waals surface area contributed by atoms with E-state index in [2.05, 4.69) is 0 Å². The van der Waals surface area contributed by atoms with E-state index in [-0.39, 0.29) is 0 Å². The predicted octanol–water partition coefficient (Wildman–Crippen LogP) is 4.47. The molecule has 1 aromatic heterocycles. The Kier molecular flexibility index (Phi) is 6.77. The van der Waals surface area contributed by atoms with Gasteiger partial charge in [-0.25, -0.2) is 9.59 Å². The molecule has 2 heterocycles. The number of aryl methyl sites for hydroxylation is 1. The van der Waals surface area contributed by atoms with E-state index in [9.17, 15) is 9.59 Å². The number of hydrogen-bond donors (Lipinski definition) is 0. The van der Waals surface area contributed by atoms with Gasteiger partial charge in [-0.05, 0) is 43.2 Å². The topological polar surface area (TPSA) is 55.8 Å². The molecule has 3 rings (SSSR count). The molecule has 0 aliphatic carbocycles. The quantitative estimate of drug-likeness (QED) is 0.632. The lowest BCUT2D eigenvalue weighted by Crippen LogP contribution is -2.29. The average Bonchev–Trinajstić information content (AvgIpc) is 3.17. The van der Waals surface area contributed by atoms with Gasteiger partial charge in [-0.2, -0.15) is 0 Å². The van der Waals surface area contributed by atoms with Crippen molar-refractivity contribution in [3.63, 3.8) is 0 Å². The molecular weight excluding hydrogens is 410 g/mol. The Hall–Kier alpha value is -2.57. The number of hydrogen-bond acceptors (Lipinski definition) is 6. The van der Waals surface area contributed by atoms with Gasteiger partial charge in [0.05, 0.1) is 31.3 Å². The smallest absolute Gasteiger partial charge is 0.336 e. The van der Waals surface area contributed by atoms with E-state index >= 15 is 0 Å². The van der Waals surface area contributed by atoms with Gasteiger partial charge in [0.1, 0.15) is 0 Å². The van der Waals surface area contributed by atoms with Crippen LogP contribution in [0.2, 0.25) is 5.02 Å². The van der Waals surface area contributed by atoms with E-state index in [0.29, 0.717) is 22.7 Å². The van der Waals surface area contributed by atoms with Crippen molar-refractivity contribution in [2.75, 3.05) is 20.8 Å². The van der Waals surface area contributed by atoms with E-state index in [1.165, 1.54) is 14.2 Å². The van der Waals surface area contributed by atoms with Crippen LogP contribution < -0.4 is 0 Å². The fourth-order valence-corrected chi connectivity index (χ4v) is 4.38. The molecule has 29 heavy (non-hydrogen) atoms. The molecule has 7 heteroatoms. The molecule has 1 aromatic carbocycles. The van der Waals surface area contributed by atoms with Crippen molar-refractivity contribution in [1.82, 2.24) is 4.90 Å². The van der Waals surface area contributed by atoms with Crippen LogP contribution in [0.5, 0.6) is 0 Å². The largest absolute Gasteiger partial charge is 0.466 e. The Morgan fingerprint density at radius 2 is 1.59 bits per heavy atom. The third-order valence-electron chi connectivity index (χ3n) is 4.69. The lowest BCUT2D eigenvalue weighted by atomic mass is 9.88. The average molecular weight is 432 g/mol. The molecular formula is C22H22ClNO4S. The highest BCUT2D eigenvalue weighted by atomic mass is 35.5. The van der Waals surface area contributed by atoms with Gasteiger partial charge in [-0.1, -0.05) is 23.7 Å². The molecule has 0 spiro atoms. The van der Waals surface area contributed by atoms with Crippen LogP contribution in [0.3, 0.4) is 0 Å². The molecule has 0 fully saturated rings. The molecule has 5 nitrogen and oxygen atoms in total. The van der Waals surface area contributed by atoms with Crippen molar-refractivity contribution < 1.29 is 19.1 Å². The number of rotatable bonds is 6. The highest BCUT2D eigenvalue weighted by molar-refractivity contribution is 7.12. The first kappa shape index (κ1) is 21.1. The standard InChI is InChI=1S/C22H22ClNO4S/c1-14-4-9-19(29-14)20-17(21(25)27-2)12-24(13-18(20)22(26)28-3)11-10-15-5-7-16(23)8-6-15/h4-9,12-13,20H,10-11H2,1-3H3. The molecule has 0 saturated heterocycles. The van der Waals surface area contributed by atoms with Crippen molar-refractivity contribution in [2.45, 2.75) is 19.3 Å². The molecule has 0 radical (unpaired) electrons. The number of thiophene rings is 1. The lowest BCUT2D eigenvalue weighted by Gasteiger charge is -2.29. The first-order valence-corrected chi connectivity index (χ1v) is 10.3. The fraction of sp³-hybridized carbons (Fsp3) is 0.273. The monoisotopic (exact) mass is 431 g/mol. The summed E-state index contributed by atoms with van der Waals surface area (Å²) in [6, 6.07) is 11.5. The van der Waals surface area contributed by atoms with E-state index in [4.69, 9.17) is 21.1 Å². The Morgan fingerprint density at radius 3 is 2.07 bits per heavy atom. The Balaban J connectivity index is 1.94. The zero-order chi connectivity index (χ0) is 21.0. The summed E-state index contributed by atoms with van der Waals surface area (Å²) in [7, 11) is 2.68. The van der Waals surface area contributed by atoms with Gasteiger partial charge in [0.2, 0.25) is 0 Å². The predicted molar refractivity (Wildman–Crippen MR) is 114 cm³/mol. The van der Waals surface area contributed by atoms with E-state index in [1.807, 2.05) is 48.2 Å².